The Hall–Kier alpha value is -11.0. The van der Waals surface area contributed by atoms with Crippen molar-refractivity contribution in [1.29, 1.82) is 0 Å². The Bertz CT molecular complexity index is 4640. The molecule has 3 heterocycles. The largest absolute Gasteiger partial charge is 1.00 e. The molecule has 694 valence electrons. The number of amides is 3. The van der Waals surface area contributed by atoms with Gasteiger partial charge in [-0.15, -0.1) is 0 Å². The number of nitrogens with zero attached hydrogens (tertiary/aromatic N) is 12. The van der Waals surface area contributed by atoms with Crippen molar-refractivity contribution in [3.05, 3.63) is 196 Å². The van der Waals surface area contributed by atoms with Crippen LogP contribution in [-0.2, 0) is 98.5 Å². The van der Waals surface area contributed by atoms with Gasteiger partial charge < -0.3 is 72.9 Å². The molecule has 0 spiro atoms. The van der Waals surface area contributed by atoms with Crippen LogP contribution in [0.2, 0.25) is 0 Å². The number of hydrogen-bond acceptors (Lipinski definition) is 20. The number of carbonyl (C=O) groups excluding carboxylic acids is 5. The molecule has 0 aliphatic carbocycles. The van der Waals surface area contributed by atoms with Crippen LogP contribution < -0.4 is 33.6 Å². The van der Waals surface area contributed by atoms with Crippen molar-refractivity contribution in [2.45, 2.75) is 235 Å². The van der Waals surface area contributed by atoms with E-state index in [2.05, 4.69) is 73.9 Å². The second-order valence-electron chi connectivity index (χ2n) is 31.8. The van der Waals surface area contributed by atoms with E-state index in [1.165, 1.54) is 23.9 Å². The van der Waals surface area contributed by atoms with Crippen LogP contribution in [0.1, 0.15) is 229 Å². The molecule has 0 unspecified atom stereocenters. The molecule has 27 nitrogen and oxygen atoms in total. The van der Waals surface area contributed by atoms with Crippen LogP contribution >= 0.6 is 0 Å². The summed E-state index contributed by atoms with van der Waals surface area (Å²) in [5, 5.41) is 27.7. The maximum atomic E-state index is 13.3. The number of fused-ring (bicyclic) bond motifs is 3. The summed E-state index contributed by atoms with van der Waals surface area (Å²) in [6.45, 7) is 48.1. The van der Waals surface area contributed by atoms with Gasteiger partial charge in [-0.3, -0.25) is 14.7 Å². The fourth-order valence-corrected chi connectivity index (χ4v) is 12.9. The first kappa shape index (κ1) is 114. The fraction of sp³-hybridized carbons (Fsp3) is 0.485. The molecule has 127 heavy (non-hydrogen) atoms. The zero-order valence-corrected chi connectivity index (χ0v) is 79.9. The molecule has 4 N–H and O–H groups in total. The van der Waals surface area contributed by atoms with Crippen molar-refractivity contribution in [3.63, 3.8) is 0 Å². The van der Waals surface area contributed by atoms with Crippen molar-refractivity contribution in [3.8, 4) is 0 Å². The quantitative estimate of drug-likeness (QED) is 0.0144. The second-order valence-corrected chi connectivity index (χ2v) is 31.8. The number of aromatic nitrogens is 6. The van der Waals surface area contributed by atoms with Gasteiger partial charge in [0.2, 0.25) is 0 Å². The molecule has 3 amide bonds. The molecule has 9 aromatic rings. The molecule has 3 aromatic heterocycles. The Kier molecular flexibility index (Phi) is 51.8. The summed E-state index contributed by atoms with van der Waals surface area (Å²) < 4.78 is 33.1. The van der Waals surface area contributed by atoms with Gasteiger partial charge in [0.15, 0.2) is 0 Å². The average Bonchev–Trinajstić information content (AvgIpc) is 1.66. The molecular formula is C99H147LiN12O15. The third-order valence-corrected chi connectivity index (χ3v) is 18.5. The first-order valence-corrected chi connectivity index (χ1v) is 43.7. The van der Waals surface area contributed by atoms with Crippen LogP contribution in [0.25, 0.3) is 51.3 Å². The van der Waals surface area contributed by atoms with Gasteiger partial charge in [0.05, 0.1) is 79.2 Å². The minimum absolute atomic E-state index is 0. The maximum absolute atomic E-state index is 13.3. The zero-order valence-electron chi connectivity index (χ0n) is 79.9. The minimum atomic E-state index is -0.997. The number of carboxylic acids is 1. The number of hydrogen-bond donors (Lipinski definition) is 3. The fourth-order valence-electron chi connectivity index (χ4n) is 12.9. The number of rotatable bonds is 35. The number of benzene rings is 6. The van der Waals surface area contributed by atoms with E-state index in [-0.39, 0.29) is 64.0 Å². The summed E-state index contributed by atoms with van der Waals surface area (Å²) in [6, 6.07) is 41.3. The van der Waals surface area contributed by atoms with Gasteiger partial charge in [0.1, 0.15) is 34.3 Å². The first-order chi connectivity index (χ1) is 59.1. The summed E-state index contributed by atoms with van der Waals surface area (Å²) >= 11 is 0. The predicted octanol–water partition coefficient (Wildman–Crippen LogP) is 17.4. The summed E-state index contributed by atoms with van der Waals surface area (Å²) in [6.07, 6.45) is 11.9. The molecule has 6 aromatic carbocycles. The second kappa shape index (κ2) is 57.7. The molecule has 28 heteroatoms. The molecule has 0 aliphatic rings. The zero-order chi connectivity index (χ0) is 92.4. The van der Waals surface area contributed by atoms with E-state index < -0.39 is 47.0 Å². The molecule has 0 saturated carbocycles. The molecule has 0 fully saturated rings. The van der Waals surface area contributed by atoms with E-state index in [9.17, 15) is 39.0 Å². The number of anilines is 3. The standard InChI is InChI=1S/C32H44N4O4.C30H40N4O6.C30H40N4O4.3C2H6.CH4.Li.H2O/c1-8-19-35(20-9-2)26-16-17-28-27(21-26)33-29(34(28)7)23-36(31(38)40-32(4,5)6)22-25-13-11-24(12-14-25)15-18-30(37)39-10-3;1-6-39-28(37)14-11-22-7-9-23(10-8-22)20-34(29(38)40-30(2,3)4)21-27-31-25-19-24(12-13-26(25)32(27)5)33(15-17-35)16-18-36;1-7-17-33(18-8-2)24-14-15-26-25(19-24)31-27(32(26)6)21-34(29(37)38-30(3,4)5)20-23-11-9-22(10-12-23)13-16-28(35)36;3*1-2;;;/h11-18,21H,8-10,19-20,22-23H2,1-7H3;7-14,19,35-36H,6,15-18,20-21H2,1-5H3;9-16,19H,7-8,17-18,20-21H2,1-6H3,(H,35,36);3*1-2H3;1H4;;1H2/q;;;;;;;+1;/p-1/b18-15+;14-11+;16-13+;;;;;;. The summed E-state index contributed by atoms with van der Waals surface area (Å²) in [4.78, 5) is 100. The van der Waals surface area contributed by atoms with Gasteiger partial charge in [-0.1, -0.05) is 149 Å². The van der Waals surface area contributed by atoms with Crippen molar-refractivity contribution < 1.29 is 92.1 Å². The number of aliphatic hydroxyl groups excluding tert-OH is 2. The minimum Gasteiger partial charge on any atom is -0.870 e. The van der Waals surface area contributed by atoms with Crippen LogP contribution in [0.15, 0.2) is 146 Å². The normalized spacial score (nSPS) is 11.0. The number of aliphatic carboxylic acids is 1. The third-order valence-electron chi connectivity index (χ3n) is 18.5. The van der Waals surface area contributed by atoms with Gasteiger partial charge in [-0.05, 0) is 208 Å². The van der Waals surface area contributed by atoms with Crippen LogP contribution in [0.3, 0.4) is 0 Å². The van der Waals surface area contributed by atoms with Crippen LogP contribution in [-0.4, -0.2) is 183 Å². The van der Waals surface area contributed by atoms with Gasteiger partial charge in [0, 0.05) is 115 Å². The molecule has 0 radical (unpaired) electrons. The topological polar surface area (TPSA) is 312 Å². The van der Waals surface area contributed by atoms with Gasteiger partial charge in [-0.2, -0.15) is 0 Å². The SMILES string of the molecule is C.CC.CC.CC.CCCN(CCC)c1ccc2c(c1)nc(CN(Cc1ccc(/C=C/C(=O)O)cc1)C(=O)OC(C)(C)C)n2C.CCCN(CCC)c1ccc2c(c1)nc(CN(Cc1ccc(/C=C/C(=O)OCC)cc1)C(=O)OC(C)(C)C)n2C.CCOC(=O)/C=C/c1ccc(CN(Cc2nc3cc(N(CCO)CCO)ccc3n2C)C(=O)OC(C)(C)C)cc1.[Li+].[OH-]. The molecule has 0 aliphatic heterocycles. The van der Waals surface area contributed by atoms with Gasteiger partial charge >= 0.3 is 55.0 Å². The van der Waals surface area contributed by atoms with E-state index in [0.717, 1.165) is 147 Å². The summed E-state index contributed by atoms with van der Waals surface area (Å²) in [5.41, 5.74) is 11.9. The number of carboxylic acid groups (broad SMARTS) is 1. The van der Waals surface area contributed by atoms with E-state index >= 15 is 0 Å². The Morgan fingerprint density at radius 1 is 0.378 bits per heavy atom. The van der Waals surface area contributed by atoms with E-state index in [1.807, 2.05) is 235 Å². The van der Waals surface area contributed by atoms with Crippen LogP contribution in [0, 0.1) is 0 Å². The van der Waals surface area contributed by atoms with Gasteiger partial charge in [-0.25, -0.2) is 43.7 Å². The predicted molar refractivity (Wildman–Crippen MR) is 511 cm³/mol. The van der Waals surface area contributed by atoms with E-state index in [4.69, 9.17) is 43.7 Å². The number of esters is 2. The molecule has 9 rings (SSSR count). The van der Waals surface area contributed by atoms with Crippen molar-refractivity contribution in [1.82, 2.24) is 43.4 Å². The smallest absolute Gasteiger partial charge is 0.870 e. The molecule has 0 saturated heterocycles. The van der Waals surface area contributed by atoms with E-state index in [0.29, 0.717) is 58.3 Å². The average molecular weight is 1750 g/mol. The van der Waals surface area contributed by atoms with Crippen molar-refractivity contribution in [2.24, 2.45) is 21.1 Å². The van der Waals surface area contributed by atoms with Crippen LogP contribution in [0.5, 0.6) is 0 Å². The summed E-state index contributed by atoms with van der Waals surface area (Å²) in [5.74, 6) is 0.463. The van der Waals surface area contributed by atoms with Gasteiger partial charge in [0.25, 0.3) is 0 Å². The third kappa shape index (κ3) is 38.3. The van der Waals surface area contributed by atoms with E-state index in [1.54, 1.807) is 40.7 Å². The van der Waals surface area contributed by atoms with Crippen molar-refractivity contribution >= 4 is 105 Å². The number of ether oxygens (including phenoxy) is 5. The molecule has 0 atom stereocenters. The Morgan fingerprint density at radius 2 is 0.622 bits per heavy atom. The maximum Gasteiger partial charge on any atom is 1.00 e. The molecular weight excluding hydrogens is 1600 g/mol. The van der Waals surface area contributed by atoms with Crippen molar-refractivity contribution in [2.75, 3.05) is 80.4 Å². The molecule has 0 bridgehead atoms. The van der Waals surface area contributed by atoms with Crippen LogP contribution in [0.4, 0.5) is 31.4 Å². The Labute approximate surface area is 768 Å². The Balaban J connectivity index is 0.000000914. The Morgan fingerprint density at radius 3 is 0.843 bits per heavy atom. The summed E-state index contributed by atoms with van der Waals surface area (Å²) in [7, 11) is 5.86. The number of carbonyl (C=O) groups is 6. The number of imidazole rings is 3. The number of aryl methyl sites for hydroxylation is 3. The first-order valence-electron chi connectivity index (χ1n) is 43.7. The monoisotopic (exact) mass is 1750 g/mol. The number of aliphatic hydroxyl groups is 2.